The van der Waals surface area contributed by atoms with Crippen molar-refractivity contribution in [3.8, 4) is 0 Å². The van der Waals surface area contributed by atoms with Crippen molar-refractivity contribution in [3.05, 3.63) is 59.6 Å². The summed E-state index contributed by atoms with van der Waals surface area (Å²) in [4.78, 5) is 25.8. The van der Waals surface area contributed by atoms with E-state index in [0.717, 1.165) is 0 Å². The monoisotopic (exact) mass is 406 g/mol. The van der Waals surface area contributed by atoms with Crippen molar-refractivity contribution in [3.63, 3.8) is 0 Å². The van der Waals surface area contributed by atoms with E-state index in [1.807, 2.05) is 0 Å². The number of carbonyl (C=O) groups excluding carboxylic acids is 2. The van der Waals surface area contributed by atoms with E-state index in [-0.39, 0.29) is 49.1 Å². The van der Waals surface area contributed by atoms with Crippen molar-refractivity contribution in [2.45, 2.75) is 6.42 Å². The van der Waals surface area contributed by atoms with Gasteiger partial charge in [-0.15, -0.1) is 4.40 Å². The smallest absolute Gasteiger partial charge is 0.256 e. The van der Waals surface area contributed by atoms with E-state index in [4.69, 9.17) is 0 Å². The van der Waals surface area contributed by atoms with Gasteiger partial charge in [-0.3, -0.25) is 9.59 Å². The quantitative estimate of drug-likeness (QED) is 0.652. The van der Waals surface area contributed by atoms with Crippen molar-refractivity contribution in [2.24, 2.45) is 4.40 Å². The highest BCUT2D eigenvalue weighted by Gasteiger charge is 2.29. The zero-order chi connectivity index (χ0) is 20.1. The molecule has 0 aliphatic carbocycles. The number of benzene rings is 1. The lowest BCUT2D eigenvalue weighted by Crippen LogP contribution is -2.43. The number of allylic oxidation sites excluding steroid dienone is 2. The van der Waals surface area contributed by atoms with E-state index in [1.54, 1.807) is 23.2 Å². The standard InChI is InChI=1S/C18H19FN4O4S/c19-14-4-1-3-13(11-14)12-16(24)20-6-7-21-18(25)15-5-2-8-23-9-10-28(26,27)22-17(15)23/h1-5,8,11H,6-7,9-10,12H2,(H,20,24)(H,21,25). The van der Waals surface area contributed by atoms with Gasteiger partial charge < -0.3 is 15.5 Å². The van der Waals surface area contributed by atoms with E-state index in [0.29, 0.717) is 5.56 Å². The van der Waals surface area contributed by atoms with E-state index in [2.05, 4.69) is 15.0 Å². The van der Waals surface area contributed by atoms with E-state index in [1.165, 1.54) is 24.3 Å². The number of carbonyl (C=O) groups is 2. The lowest BCUT2D eigenvalue weighted by Gasteiger charge is -2.28. The molecule has 2 amide bonds. The first-order chi connectivity index (χ1) is 13.3. The summed E-state index contributed by atoms with van der Waals surface area (Å²) in [6.45, 7) is 0.560. The molecule has 0 saturated heterocycles. The minimum absolute atomic E-state index is 0.0330. The molecule has 0 unspecified atom stereocenters. The number of sulfonamides is 1. The first kappa shape index (κ1) is 19.7. The van der Waals surface area contributed by atoms with Crippen LogP contribution in [0.2, 0.25) is 0 Å². The zero-order valence-corrected chi connectivity index (χ0v) is 15.7. The molecule has 2 aliphatic heterocycles. The summed E-state index contributed by atoms with van der Waals surface area (Å²) < 4.78 is 40.2. The maximum Gasteiger partial charge on any atom is 0.256 e. The molecule has 28 heavy (non-hydrogen) atoms. The molecule has 10 heteroatoms. The Morgan fingerprint density at radius 1 is 1.21 bits per heavy atom. The first-order valence-corrected chi connectivity index (χ1v) is 10.2. The van der Waals surface area contributed by atoms with Crippen LogP contribution in [0.1, 0.15) is 5.56 Å². The summed E-state index contributed by atoms with van der Waals surface area (Å²) in [6, 6.07) is 5.77. The first-order valence-electron chi connectivity index (χ1n) is 8.61. The van der Waals surface area contributed by atoms with Gasteiger partial charge in [-0.25, -0.2) is 12.8 Å². The Kier molecular flexibility index (Phi) is 5.88. The van der Waals surface area contributed by atoms with Crippen LogP contribution in [-0.2, 0) is 26.0 Å². The number of hydrogen-bond donors (Lipinski definition) is 2. The second-order valence-corrected chi connectivity index (χ2v) is 7.98. The van der Waals surface area contributed by atoms with Crippen molar-refractivity contribution in [1.82, 2.24) is 15.5 Å². The number of rotatable bonds is 6. The fraction of sp³-hybridized carbons (Fsp3) is 0.278. The van der Waals surface area contributed by atoms with E-state index >= 15 is 0 Å². The summed E-state index contributed by atoms with van der Waals surface area (Å²) >= 11 is 0. The summed E-state index contributed by atoms with van der Waals surface area (Å²) in [5, 5.41) is 5.26. The normalized spacial score (nSPS) is 17.2. The van der Waals surface area contributed by atoms with Gasteiger partial charge in [0.25, 0.3) is 15.9 Å². The molecule has 0 spiro atoms. The predicted molar refractivity (Wildman–Crippen MR) is 101 cm³/mol. The predicted octanol–water partition coefficient (Wildman–Crippen LogP) is 0.0982. The highest BCUT2D eigenvalue weighted by atomic mass is 32.2. The molecular weight excluding hydrogens is 387 g/mol. The molecule has 0 fully saturated rings. The van der Waals surface area contributed by atoms with Crippen molar-refractivity contribution in [2.75, 3.05) is 25.4 Å². The molecule has 0 atom stereocenters. The molecule has 0 saturated carbocycles. The molecule has 1 aromatic rings. The average Bonchev–Trinajstić information content (AvgIpc) is 2.64. The fourth-order valence-electron chi connectivity index (χ4n) is 2.76. The van der Waals surface area contributed by atoms with Crippen molar-refractivity contribution < 1.29 is 22.4 Å². The molecule has 148 valence electrons. The minimum Gasteiger partial charge on any atom is -0.354 e. The molecule has 2 N–H and O–H groups in total. The number of hydrogen-bond acceptors (Lipinski definition) is 5. The third-order valence-electron chi connectivity index (χ3n) is 4.09. The summed E-state index contributed by atoms with van der Waals surface area (Å²) in [6.07, 6.45) is 4.84. The highest BCUT2D eigenvalue weighted by Crippen LogP contribution is 2.17. The number of fused-ring (bicyclic) bond motifs is 1. The van der Waals surface area contributed by atoms with Crippen LogP contribution >= 0.6 is 0 Å². The van der Waals surface area contributed by atoms with Gasteiger partial charge in [0.1, 0.15) is 5.82 Å². The van der Waals surface area contributed by atoms with Crippen LogP contribution < -0.4 is 10.6 Å². The van der Waals surface area contributed by atoms with E-state index in [9.17, 15) is 22.4 Å². The molecule has 8 nitrogen and oxygen atoms in total. The zero-order valence-electron chi connectivity index (χ0n) is 14.9. The number of nitrogens with one attached hydrogen (secondary N) is 2. The van der Waals surface area contributed by atoms with Crippen LogP contribution in [0.15, 0.2) is 52.6 Å². The van der Waals surface area contributed by atoms with Gasteiger partial charge in [-0.1, -0.05) is 12.1 Å². The molecule has 2 heterocycles. The molecule has 1 aromatic carbocycles. The van der Waals surface area contributed by atoms with Gasteiger partial charge in [-0.05, 0) is 29.8 Å². The van der Waals surface area contributed by atoms with Crippen LogP contribution in [0.25, 0.3) is 0 Å². The van der Waals surface area contributed by atoms with Crippen molar-refractivity contribution >= 4 is 27.7 Å². The third kappa shape index (κ3) is 5.03. The molecular formula is C18H19FN4O4S. The van der Waals surface area contributed by atoms with Gasteiger partial charge in [0.05, 0.1) is 17.7 Å². The van der Waals surface area contributed by atoms with Gasteiger partial charge >= 0.3 is 0 Å². The molecule has 2 aliphatic rings. The van der Waals surface area contributed by atoms with Crippen molar-refractivity contribution in [1.29, 1.82) is 0 Å². The molecule has 0 radical (unpaired) electrons. The maximum atomic E-state index is 13.1. The topological polar surface area (TPSA) is 108 Å². The number of halogens is 1. The van der Waals surface area contributed by atoms with Crippen LogP contribution in [-0.4, -0.2) is 56.4 Å². The van der Waals surface area contributed by atoms with Crippen LogP contribution in [0.3, 0.4) is 0 Å². The number of nitrogens with zero attached hydrogens (tertiary/aromatic N) is 2. The lowest BCUT2D eigenvalue weighted by molar-refractivity contribution is -0.121. The molecule has 3 rings (SSSR count). The third-order valence-corrected chi connectivity index (χ3v) is 5.24. The van der Waals surface area contributed by atoms with Gasteiger partial charge in [-0.2, -0.15) is 0 Å². The minimum atomic E-state index is -3.58. The lowest BCUT2D eigenvalue weighted by atomic mass is 10.1. The van der Waals surface area contributed by atoms with Gasteiger partial charge in [0.2, 0.25) is 5.91 Å². The summed E-state index contributed by atoms with van der Waals surface area (Å²) in [5.41, 5.74) is 0.703. The maximum absolute atomic E-state index is 13.1. The van der Waals surface area contributed by atoms with E-state index < -0.39 is 21.7 Å². The Balaban J connectivity index is 1.49. The fourth-order valence-corrected chi connectivity index (χ4v) is 3.75. The average molecular weight is 406 g/mol. The Morgan fingerprint density at radius 2 is 2.00 bits per heavy atom. The Hall–Kier alpha value is -3.01. The second kappa shape index (κ2) is 8.34. The Morgan fingerprint density at radius 3 is 2.79 bits per heavy atom. The largest absolute Gasteiger partial charge is 0.354 e. The molecule has 0 aromatic heterocycles. The Bertz CT molecular complexity index is 985. The second-order valence-electron chi connectivity index (χ2n) is 6.23. The van der Waals surface area contributed by atoms with Crippen LogP contribution in [0.4, 0.5) is 4.39 Å². The molecule has 0 bridgehead atoms. The highest BCUT2D eigenvalue weighted by molar-refractivity contribution is 7.90. The number of amides is 2. The van der Waals surface area contributed by atoms with Gasteiger partial charge in [0, 0.05) is 25.8 Å². The summed E-state index contributed by atoms with van der Waals surface area (Å²) in [7, 11) is -3.58. The van der Waals surface area contributed by atoms with Gasteiger partial charge in [0.15, 0.2) is 5.84 Å². The SMILES string of the molecule is O=C(Cc1cccc(F)c1)NCCNC(=O)C1=CC=CN2CCS(=O)(=O)N=C12. The number of amidine groups is 1. The van der Waals surface area contributed by atoms with Crippen LogP contribution in [0, 0.1) is 5.82 Å². The Labute approximate surface area is 161 Å². The van der Waals surface area contributed by atoms with Crippen LogP contribution in [0.5, 0.6) is 0 Å². The summed E-state index contributed by atoms with van der Waals surface area (Å²) in [5.74, 6) is -1.19.